The first-order valence-electron chi connectivity index (χ1n) is 7.70. The van der Waals surface area contributed by atoms with Crippen molar-refractivity contribution < 1.29 is 0 Å². The lowest BCUT2D eigenvalue weighted by atomic mass is 10.1. The second kappa shape index (κ2) is 6.12. The largest absolute Gasteiger partial charge is 0.326 e. The summed E-state index contributed by atoms with van der Waals surface area (Å²) in [6, 6.07) is 10.9. The second-order valence-electron chi connectivity index (χ2n) is 5.75. The molecule has 1 heterocycles. The maximum Gasteiger partial charge on any atom is 0.207 e. The molecular formula is C17H23N3. The van der Waals surface area contributed by atoms with E-state index in [-0.39, 0.29) is 0 Å². The SMILES string of the molecule is Cc1cn(C2CCCCCC2)c(Nc2ccccc2)n1. The number of imidazole rings is 1. The molecule has 0 aliphatic heterocycles. The van der Waals surface area contributed by atoms with Crippen molar-refractivity contribution in [1.29, 1.82) is 0 Å². The average Bonchev–Trinajstić information content (AvgIpc) is 2.68. The summed E-state index contributed by atoms with van der Waals surface area (Å²) in [5.74, 6) is 0.987. The van der Waals surface area contributed by atoms with Crippen LogP contribution in [-0.2, 0) is 0 Å². The Morgan fingerprint density at radius 3 is 2.45 bits per heavy atom. The summed E-state index contributed by atoms with van der Waals surface area (Å²) in [4.78, 5) is 4.66. The fourth-order valence-electron chi connectivity index (χ4n) is 3.07. The minimum atomic E-state index is 0.602. The summed E-state index contributed by atoms with van der Waals surface area (Å²) in [5.41, 5.74) is 2.20. The highest BCUT2D eigenvalue weighted by molar-refractivity contribution is 5.53. The Labute approximate surface area is 121 Å². The van der Waals surface area contributed by atoms with E-state index >= 15 is 0 Å². The lowest BCUT2D eigenvalue weighted by molar-refractivity contribution is 0.448. The number of hydrogen-bond donors (Lipinski definition) is 1. The third-order valence-electron chi connectivity index (χ3n) is 4.10. The molecule has 1 saturated carbocycles. The van der Waals surface area contributed by atoms with Crippen LogP contribution < -0.4 is 5.32 Å². The van der Waals surface area contributed by atoms with Gasteiger partial charge in [0.15, 0.2) is 0 Å². The number of hydrogen-bond acceptors (Lipinski definition) is 2. The first-order chi connectivity index (χ1) is 9.83. The Bertz CT molecular complexity index is 537. The van der Waals surface area contributed by atoms with Gasteiger partial charge in [0, 0.05) is 17.9 Å². The summed E-state index contributed by atoms with van der Waals surface area (Å²) in [6.45, 7) is 2.07. The van der Waals surface area contributed by atoms with Crippen LogP contribution in [0.1, 0.15) is 50.3 Å². The zero-order valence-electron chi connectivity index (χ0n) is 12.2. The van der Waals surface area contributed by atoms with Crippen LogP contribution in [0, 0.1) is 6.92 Å². The van der Waals surface area contributed by atoms with E-state index in [0.717, 1.165) is 17.3 Å². The van der Waals surface area contributed by atoms with Crippen LogP contribution in [0.5, 0.6) is 0 Å². The van der Waals surface area contributed by atoms with E-state index in [0.29, 0.717) is 6.04 Å². The van der Waals surface area contributed by atoms with E-state index in [1.807, 2.05) is 18.2 Å². The summed E-state index contributed by atoms with van der Waals surface area (Å²) < 4.78 is 2.35. The van der Waals surface area contributed by atoms with Gasteiger partial charge in [-0.2, -0.15) is 0 Å². The summed E-state index contributed by atoms with van der Waals surface area (Å²) in [7, 11) is 0. The standard InChI is InChI=1S/C17H23N3/c1-14-13-20(16-11-7-2-3-8-12-16)17(18-14)19-15-9-5-4-6-10-15/h4-6,9-10,13,16H,2-3,7-8,11-12H2,1H3,(H,18,19). The summed E-state index contributed by atoms with van der Waals surface area (Å²) >= 11 is 0. The maximum atomic E-state index is 4.66. The molecule has 1 aromatic heterocycles. The van der Waals surface area contributed by atoms with Crippen molar-refractivity contribution >= 4 is 11.6 Å². The van der Waals surface area contributed by atoms with E-state index in [1.165, 1.54) is 38.5 Å². The monoisotopic (exact) mass is 269 g/mol. The van der Waals surface area contributed by atoms with Crippen molar-refractivity contribution in [2.75, 3.05) is 5.32 Å². The van der Waals surface area contributed by atoms with Crippen molar-refractivity contribution in [1.82, 2.24) is 9.55 Å². The van der Waals surface area contributed by atoms with Gasteiger partial charge in [-0.25, -0.2) is 4.98 Å². The second-order valence-corrected chi connectivity index (χ2v) is 5.75. The number of nitrogens with zero attached hydrogens (tertiary/aromatic N) is 2. The van der Waals surface area contributed by atoms with Crippen molar-refractivity contribution in [3.63, 3.8) is 0 Å². The molecule has 3 nitrogen and oxygen atoms in total. The molecule has 0 atom stereocenters. The van der Waals surface area contributed by atoms with Crippen LogP contribution in [0.3, 0.4) is 0 Å². The molecule has 1 fully saturated rings. The van der Waals surface area contributed by atoms with Gasteiger partial charge in [-0.1, -0.05) is 43.9 Å². The number of aromatic nitrogens is 2. The van der Waals surface area contributed by atoms with Gasteiger partial charge < -0.3 is 9.88 Å². The van der Waals surface area contributed by atoms with Crippen LogP contribution in [0.15, 0.2) is 36.5 Å². The minimum absolute atomic E-state index is 0.602. The molecule has 106 valence electrons. The molecule has 0 spiro atoms. The Kier molecular flexibility index (Phi) is 4.05. The van der Waals surface area contributed by atoms with Crippen LogP contribution in [0.2, 0.25) is 0 Å². The summed E-state index contributed by atoms with van der Waals surface area (Å²) in [6.07, 6.45) is 10.2. The van der Waals surface area contributed by atoms with E-state index in [2.05, 4.69) is 40.1 Å². The zero-order valence-corrected chi connectivity index (χ0v) is 12.2. The fourth-order valence-corrected chi connectivity index (χ4v) is 3.07. The van der Waals surface area contributed by atoms with Gasteiger partial charge in [0.1, 0.15) is 0 Å². The van der Waals surface area contributed by atoms with Gasteiger partial charge in [0.2, 0.25) is 5.95 Å². The number of benzene rings is 1. The van der Waals surface area contributed by atoms with Gasteiger partial charge in [-0.3, -0.25) is 0 Å². The quantitative estimate of drug-likeness (QED) is 0.809. The molecule has 20 heavy (non-hydrogen) atoms. The summed E-state index contributed by atoms with van der Waals surface area (Å²) in [5, 5.41) is 3.46. The molecule has 3 heteroatoms. The minimum Gasteiger partial charge on any atom is -0.326 e. The van der Waals surface area contributed by atoms with Crippen molar-refractivity contribution in [3.05, 3.63) is 42.2 Å². The van der Waals surface area contributed by atoms with Gasteiger partial charge >= 0.3 is 0 Å². The van der Waals surface area contributed by atoms with E-state index < -0.39 is 0 Å². The number of anilines is 2. The topological polar surface area (TPSA) is 29.9 Å². The average molecular weight is 269 g/mol. The maximum absolute atomic E-state index is 4.66. The highest BCUT2D eigenvalue weighted by Crippen LogP contribution is 2.30. The fraction of sp³-hybridized carbons (Fsp3) is 0.471. The third-order valence-corrected chi connectivity index (χ3v) is 4.10. The Morgan fingerprint density at radius 1 is 1.05 bits per heavy atom. The van der Waals surface area contributed by atoms with Crippen LogP contribution in [0.25, 0.3) is 0 Å². The highest BCUT2D eigenvalue weighted by Gasteiger charge is 2.17. The van der Waals surface area contributed by atoms with Crippen LogP contribution >= 0.6 is 0 Å². The molecule has 0 saturated heterocycles. The Morgan fingerprint density at radius 2 is 1.75 bits per heavy atom. The number of rotatable bonds is 3. The van der Waals surface area contributed by atoms with Crippen LogP contribution in [0.4, 0.5) is 11.6 Å². The molecule has 0 unspecified atom stereocenters. The van der Waals surface area contributed by atoms with E-state index in [9.17, 15) is 0 Å². The lowest BCUT2D eigenvalue weighted by Gasteiger charge is -2.19. The first kappa shape index (κ1) is 13.2. The Hall–Kier alpha value is -1.77. The smallest absolute Gasteiger partial charge is 0.207 e. The van der Waals surface area contributed by atoms with Crippen LogP contribution in [-0.4, -0.2) is 9.55 Å². The first-order valence-corrected chi connectivity index (χ1v) is 7.70. The van der Waals surface area contributed by atoms with Crippen molar-refractivity contribution in [2.45, 2.75) is 51.5 Å². The molecule has 1 aliphatic carbocycles. The van der Waals surface area contributed by atoms with Crippen molar-refractivity contribution in [2.24, 2.45) is 0 Å². The number of nitrogens with one attached hydrogen (secondary N) is 1. The van der Waals surface area contributed by atoms with E-state index in [4.69, 9.17) is 0 Å². The highest BCUT2D eigenvalue weighted by atomic mass is 15.2. The molecule has 1 aliphatic rings. The molecular weight excluding hydrogens is 246 g/mol. The van der Waals surface area contributed by atoms with Gasteiger partial charge in [-0.05, 0) is 31.9 Å². The molecule has 1 aromatic carbocycles. The number of aryl methyl sites for hydroxylation is 1. The van der Waals surface area contributed by atoms with Gasteiger partial charge in [0.05, 0.1) is 5.69 Å². The zero-order chi connectivity index (χ0) is 13.8. The Balaban J connectivity index is 1.83. The predicted molar refractivity (Wildman–Crippen MR) is 83.4 cm³/mol. The molecule has 0 radical (unpaired) electrons. The van der Waals surface area contributed by atoms with Crippen molar-refractivity contribution in [3.8, 4) is 0 Å². The molecule has 3 rings (SSSR count). The molecule has 2 aromatic rings. The molecule has 0 bridgehead atoms. The van der Waals surface area contributed by atoms with Gasteiger partial charge in [-0.15, -0.1) is 0 Å². The molecule has 1 N–H and O–H groups in total. The normalized spacial score (nSPS) is 16.9. The van der Waals surface area contributed by atoms with Gasteiger partial charge in [0.25, 0.3) is 0 Å². The molecule has 0 amide bonds. The van der Waals surface area contributed by atoms with E-state index in [1.54, 1.807) is 0 Å². The third kappa shape index (κ3) is 3.03. The predicted octanol–water partition coefficient (Wildman–Crippen LogP) is 4.83. The lowest BCUT2D eigenvalue weighted by Crippen LogP contribution is -2.10. The number of para-hydroxylation sites is 1.